The minimum atomic E-state index is -0.592. The quantitative estimate of drug-likeness (QED) is 0.332. The van der Waals surface area contributed by atoms with Crippen LogP contribution in [0.25, 0.3) is 10.9 Å². The molecule has 236 valence electrons. The van der Waals surface area contributed by atoms with Crippen molar-refractivity contribution in [2.75, 3.05) is 62.7 Å². The van der Waals surface area contributed by atoms with Crippen molar-refractivity contribution < 1.29 is 23.0 Å². The summed E-state index contributed by atoms with van der Waals surface area (Å²) in [6.45, 7) is 9.19. The maximum atomic E-state index is 16.7. The van der Waals surface area contributed by atoms with Crippen LogP contribution in [0.1, 0.15) is 45.6 Å². The first-order chi connectivity index (χ1) is 21.0. The van der Waals surface area contributed by atoms with Crippen LogP contribution in [0.2, 0.25) is 5.02 Å². The highest BCUT2D eigenvalue weighted by molar-refractivity contribution is 6.34. The van der Waals surface area contributed by atoms with Gasteiger partial charge in [-0.25, -0.2) is 13.6 Å². The minimum absolute atomic E-state index is 0.0932. The maximum Gasteiger partial charge on any atom is 0.410 e. The molecule has 2 fully saturated rings. The smallest absolute Gasteiger partial charge is 0.410 e. The van der Waals surface area contributed by atoms with Crippen LogP contribution in [0.5, 0.6) is 6.01 Å². The van der Waals surface area contributed by atoms with E-state index in [1.165, 1.54) is 12.1 Å². The molecule has 1 amide bonds. The normalized spacial score (nSPS) is 19.4. The zero-order chi connectivity index (χ0) is 31.2. The number of hydrogen-bond acceptors (Lipinski definition) is 8. The number of ether oxygens (including phenoxy) is 2. The number of rotatable bonds is 5. The number of hydrogen-bond donors (Lipinski definition) is 0. The molecule has 9 nitrogen and oxygen atoms in total. The number of nitrogens with zero attached hydrogens (tertiary/aromatic N) is 6. The lowest BCUT2D eigenvalue weighted by Crippen LogP contribution is -2.50. The Labute approximate surface area is 261 Å². The molecule has 1 atom stereocenters. The first-order valence-corrected chi connectivity index (χ1v) is 15.7. The molecule has 0 unspecified atom stereocenters. The van der Waals surface area contributed by atoms with E-state index in [1.54, 1.807) is 17.0 Å². The van der Waals surface area contributed by atoms with Crippen molar-refractivity contribution >= 4 is 45.8 Å². The first kappa shape index (κ1) is 30.6. The third-order valence-corrected chi connectivity index (χ3v) is 8.84. The molecule has 44 heavy (non-hydrogen) atoms. The van der Waals surface area contributed by atoms with Gasteiger partial charge in [-0.2, -0.15) is 9.97 Å². The van der Waals surface area contributed by atoms with Gasteiger partial charge in [-0.1, -0.05) is 11.6 Å². The molecule has 2 saturated heterocycles. The number of halogens is 3. The Morgan fingerprint density at radius 1 is 1.05 bits per heavy atom. The Morgan fingerprint density at radius 3 is 2.52 bits per heavy atom. The SMILES string of the molecule is CN1CCC[C@H]1COc1nc(N2CCN(C(=O)OC(C)(C)C)CC2)c2cc(Cl)c(N3CCCc4cc(F)ccc43)c(F)c2n1. The number of aromatic nitrogens is 2. The fourth-order valence-corrected chi connectivity index (χ4v) is 6.58. The molecule has 2 aromatic carbocycles. The number of carbonyl (C=O) groups is 1. The van der Waals surface area contributed by atoms with Crippen LogP contribution >= 0.6 is 11.6 Å². The van der Waals surface area contributed by atoms with E-state index in [4.69, 9.17) is 26.1 Å². The van der Waals surface area contributed by atoms with E-state index in [0.29, 0.717) is 57.0 Å². The van der Waals surface area contributed by atoms with E-state index in [2.05, 4.69) is 16.9 Å². The predicted octanol–water partition coefficient (Wildman–Crippen LogP) is 6.18. The van der Waals surface area contributed by atoms with E-state index in [9.17, 15) is 9.18 Å². The van der Waals surface area contributed by atoms with Crippen molar-refractivity contribution in [2.24, 2.45) is 0 Å². The number of likely N-dealkylation sites (N-methyl/N-ethyl adjacent to an activating group) is 1. The third kappa shape index (κ3) is 6.21. The Kier molecular flexibility index (Phi) is 8.45. The van der Waals surface area contributed by atoms with Crippen molar-refractivity contribution in [1.82, 2.24) is 19.8 Å². The van der Waals surface area contributed by atoms with Crippen LogP contribution < -0.4 is 14.5 Å². The molecule has 0 saturated carbocycles. The molecule has 12 heteroatoms. The predicted molar refractivity (Wildman–Crippen MR) is 167 cm³/mol. The van der Waals surface area contributed by atoms with Crippen LogP contribution in [0.4, 0.5) is 30.8 Å². The maximum absolute atomic E-state index is 16.7. The number of carbonyl (C=O) groups excluding carboxylic acids is 1. The second kappa shape index (κ2) is 12.2. The van der Waals surface area contributed by atoms with Crippen LogP contribution in [0.3, 0.4) is 0 Å². The summed E-state index contributed by atoms with van der Waals surface area (Å²) in [4.78, 5) is 29.8. The summed E-state index contributed by atoms with van der Waals surface area (Å²) in [5.74, 6) is -0.403. The molecule has 0 spiro atoms. The fraction of sp³-hybridized carbons (Fsp3) is 0.531. The summed E-state index contributed by atoms with van der Waals surface area (Å²) in [6.07, 6.45) is 3.16. The number of amides is 1. The highest BCUT2D eigenvalue weighted by atomic mass is 35.5. The second-order valence-corrected chi connectivity index (χ2v) is 13.2. The van der Waals surface area contributed by atoms with Crippen molar-refractivity contribution in [3.8, 4) is 6.01 Å². The third-order valence-electron chi connectivity index (χ3n) is 8.56. The van der Waals surface area contributed by atoms with Gasteiger partial charge in [0.15, 0.2) is 5.82 Å². The van der Waals surface area contributed by atoms with Crippen molar-refractivity contribution in [1.29, 1.82) is 0 Å². The fourth-order valence-electron chi connectivity index (χ4n) is 6.29. The number of piperazine rings is 1. The molecule has 0 aliphatic carbocycles. The summed E-state index contributed by atoms with van der Waals surface area (Å²) in [6, 6.07) is 6.58. The highest BCUT2D eigenvalue weighted by Gasteiger charge is 2.31. The lowest BCUT2D eigenvalue weighted by molar-refractivity contribution is 0.0240. The van der Waals surface area contributed by atoms with Gasteiger partial charge >= 0.3 is 12.1 Å². The Hall–Kier alpha value is -3.44. The topological polar surface area (TPSA) is 74.3 Å². The molecule has 6 rings (SSSR count). The van der Waals surface area contributed by atoms with E-state index < -0.39 is 11.4 Å². The Bertz CT molecular complexity index is 1560. The summed E-state index contributed by atoms with van der Waals surface area (Å²) in [7, 11) is 2.06. The van der Waals surface area contributed by atoms with Crippen molar-refractivity contribution in [3.63, 3.8) is 0 Å². The van der Waals surface area contributed by atoms with Gasteiger partial charge in [0.1, 0.15) is 29.4 Å². The van der Waals surface area contributed by atoms with Gasteiger partial charge in [-0.15, -0.1) is 0 Å². The van der Waals surface area contributed by atoms with Gasteiger partial charge in [0.25, 0.3) is 0 Å². The molecular weight excluding hydrogens is 590 g/mol. The number of likely N-dealkylation sites (tertiary alicyclic amines) is 1. The number of benzene rings is 2. The van der Waals surface area contributed by atoms with E-state index in [0.717, 1.165) is 37.1 Å². The largest absolute Gasteiger partial charge is 0.462 e. The molecule has 0 radical (unpaired) electrons. The average Bonchev–Trinajstić information content (AvgIpc) is 3.39. The van der Waals surface area contributed by atoms with Crippen LogP contribution in [0.15, 0.2) is 24.3 Å². The van der Waals surface area contributed by atoms with Gasteiger partial charge in [0.05, 0.1) is 10.7 Å². The summed E-state index contributed by atoms with van der Waals surface area (Å²) < 4.78 is 42.4. The van der Waals surface area contributed by atoms with Crippen LogP contribution in [-0.2, 0) is 11.2 Å². The number of fused-ring (bicyclic) bond motifs is 2. The van der Waals surface area contributed by atoms with Crippen molar-refractivity contribution in [3.05, 3.63) is 46.5 Å². The Balaban J connectivity index is 1.37. The summed E-state index contributed by atoms with van der Waals surface area (Å²) in [5.41, 5.74) is 1.25. The van der Waals surface area contributed by atoms with Gasteiger partial charge in [-0.3, -0.25) is 0 Å². The van der Waals surface area contributed by atoms with E-state index in [1.807, 2.05) is 30.6 Å². The monoisotopic (exact) mass is 628 g/mol. The van der Waals surface area contributed by atoms with Gasteiger partial charge in [0.2, 0.25) is 0 Å². The minimum Gasteiger partial charge on any atom is -0.462 e. The molecule has 0 bridgehead atoms. The summed E-state index contributed by atoms with van der Waals surface area (Å²) in [5, 5.41) is 0.675. The molecule has 3 aliphatic rings. The lowest BCUT2D eigenvalue weighted by Gasteiger charge is -2.36. The standard InChI is InChI=1S/C32H39ClF2N6O3/c1-32(2,3)44-31(42)40-15-13-39(14-16-40)29-23-18-24(33)28(41-12-5-7-20-17-21(34)9-10-25(20)41)26(35)27(23)36-30(37-29)43-19-22-8-6-11-38(22)4/h9-10,17-18,22H,5-8,11-16,19H2,1-4H3/t22-/m0/s1. The summed E-state index contributed by atoms with van der Waals surface area (Å²) >= 11 is 6.84. The zero-order valence-corrected chi connectivity index (χ0v) is 26.5. The molecule has 4 heterocycles. The number of anilines is 3. The Morgan fingerprint density at radius 2 is 1.82 bits per heavy atom. The lowest BCUT2D eigenvalue weighted by atomic mass is 10.0. The molecule has 0 N–H and O–H groups in total. The molecule has 3 aliphatic heterocycles. The van der Waals surface area contributed by atoms with Gasteiger partial charge in [-0.05, 0) is 89.9 Å². The van der Waals surface area contributed by atoms with Crippen LogP contribution in [0, 0.1) is 11.6 Å². The van der Waals surface area contributed by atoms with Crippen molar-refractivity contribution in [2.45, 2.75) is 58.1 Å². The zero-order valence-electron chi connectivity index (χ0n) is 25.7. The van der Waals surface area contributed by atoms with Gasteiger partial charge < -0.3 is 29.1 Å². The molecule has 1 aromatic heterocycles. The van der Waals surface area contributed by atoms with E-state index in [-0.39, 0.29) is 40.2 Å². The number of aryl methyl sites for hydroxylation is 1. The van der Waals surface area contributed by atoms with Gasteiger partial charge in [0, 0.05) is 49.8 Å². The van der Waals surface area contributed by atoms with E-state index >= 15 is 4.39 Å². The highest BCUT2D eigenvalue weighted by Crippen LogP contribution is 2.43. The first-order valence-electron chi connectivity index (χ1n) is 15.3. The average molecular weight is 629 g/mol. The molecule has 3 aromatic rings. The van der Waals surface area contributed by atoms with Crippen LogP contribution in [-0.4, -0.2) is 90.4 Å². The second-order valence-electron chi connectivity index (χ2n) is 12.8. The molecular formula is C32H39ClF2N6O3.